The number of anilines is 1. The van der Waals surface area contributed by atoms with E-state index in [1.54, 1.807) is 6.92 Å². The third-order valence-electron chi connectivity index (χ3n) is 6.69. The minimum Gasteiger partial charge on any atom is -0.507 e. The van der Waals surface area contributed by atoms with Gasteiger partial charge >= 0.3 is 6.18 Å². The maximum Gasteiger partial charge on any atom is 0.419 e. The van der Waals surface area contributed by atoms with Gasteiger partial charge in [-0.25, -0.2) is 4.98 Å². The Morgan fingerprint density at radius 1 is 1.03 bits per heavy atom. The number of rotatable bonds is 2. The molecule has 37 heavy (non-hydrogen) atoms. The van der Waals surface area contributed by atoms with Gasteiger partial charge in [0.2, 0.25) is 0 Å². The summed E-state index contributed by atoms with van der Waals surface area (Å²) in [6, 6.07) is 8.90. The SMILES string of the molecule is Cc1[nH]nc2nc(-c3ccc(O)c(C(F)(F)F)c3)c3c(=O)[nH]c4cc(N5CCNCC5)ccc4c3c12.Cl. The molecule has 192 valence electrons. The minimum absolute atomic E-state index is 0. The fraction of sp³-hybridized carbons (Fsp3) is 0.240. The zero-order valence-corrected chi connectivity index (χ0v) is 20.3. The highest BCUT2D eigenvalue weighted by atomic mass is 35.5. The van der Waals surface area contributed by atoms with Crippen LogP contribution < -0.4 is 15.8 Å². The zero-order chi connectivity index (χ0) is 25.2. The van der Waals surface area contributed by atoms with Crippen LogP contribution in [0.25, 0.3) is 44.0 Å². The number of nitrogens with one attached hydrogen (secondary N) is 3. The van der Waals surface area contributed by atoms with E-state index in [1.807, 2.05) is 18.2 Å². The number of nitrogens with zero attached hydrogens (tertiary/aromatic N) is 3. The number of alkyl halides is 3. The molecule has 5 aromatic rings. The van der Waals surface area contributed by atoms with Gasteiger partial charge in [0, 0.05) is 53.9 Å². The van der Waals surface area contributed by atoms with E-state index >= 15 is 0 Å². The number of piperazine rings is 1. The fourth-order valence-corrected chi connectivity index (χ4v) is 4.97. The zero-order valence-electron chi connectivity index (χ0n) is 19.5. The van der Waals surface area contributed by atoms with Crippen molar-refractivity contribution in [1.29, 1.82) is 0 Å². The van der Waals surface area contributed by atoms with Crippen LogP contribution in [0, 0.1) is 6.92 Å². The Labute approximate surface area is 213 Å². The van der Waals surface area contributed by atoms with Gasteiger partial charge in [-0.2, -0.15) is 18.3 Å². The minimum atomic E-state index is -4.78. The van der Waals surface area contributed by atoms with Crippen molar-refractivity contribution < 1.29 is 18.3 Å². The van der Waals surface area contributed by atoms with E-state index in [9.17, 15) is 23.1 Å². The third-order valence-corrected chi connectivity index (χ3v) is 6.69. The second kappa shape index (κ2) is 8.93. The molecule has 0 spiro atoms. The van der Waals surface area contributed by atoms with Gasteiger partial charge in [-0.1, -0.05) is 6.07 Å². The number of aromatic hydroxyl groups is 1. The van der Waals surface area contributed by atoms with E-state index < -0.39 is 23.0 Å². The first-order valence-corrected chi connectivity index (χ1v) is 11.4. The van der Waals surface area contributed by atoms with E-state index in [2.05, 4.69) is 30.4 Å². The standard InChI is InChI=1S/C25H21F3N6O2.ClH/c1-12-19-20-15-4-3-14(34-8-6-29-7-9-34)11-17(15)30-24(36)21(20)22(31-23(19)33-32-12)13-2-5-18(35)16(10-13)25(26,27)28;/h2-5,10-11,29,35H,6-9H2,1H3,(H,30,36)(H,31,32,33);1H. The molecule has 12 heteroatoms. The molecule has 1 aliphatic rings. The van der Waals surface area contributed by atoms with Crippen LogP contribution in [0.3, 0.4) is 0 Å². The van der Waals surface area contributed by atoms with Crippen molar-refractivity contribution in [1.82, 2.24) is 25.5 Å². The average Bonchev–Trinajstić information content (AvgIpc) is 3.23. The van der Waals surface area contributed by atoms with Crippen LogP contribution in [-0.2, 0) is 6.18 Å². The van der Waals surface area contributed by atoms with Crippen LogP contribution in [0.2, 0.25) is 0 Å². The molecule has 0 saturated carbocycles. The molecule has 6 rings (SSSR count). The normalized spacial score (nSPS) is 14.4. The van der Waals surface area contributed by atoms with E-state index in [4.69, 9.17) is 0 Å². The highest BCUT2D eigenvalue weighted by Gasteiger charge is 2.34. The smallest absolute Gasteiger partial charge is 0.419 e. The molecule has 8 nitrogen and oxygen atoms in total. The van der Waals surface area contributed by atoms with Crippen molar-refractivity contribution in [2.24, 2.45) is 0 Å². The van der Waals surface area contributed by atoms with Gasteiger partial charge in [-0.05, 0) is 37.3 Å². The summed E-state index contributed by atoms with van der Waals surface area (Å²) in [7, 11) is 0. The second-order valence-corrected chi connectivity index (χ2v) is 8.91. The number of aromatic amines is 2. The number of phenolic OH excluding ortho intramolecular Hbond substituents is 1. The first-order valence-electron chi connectivity index (χ1n) is 11.4. The first-order chi connectivity index (χ1) is 17.2. The summed E-state index contributed by atoms with van der Waals surface area (Å²) in [6.45, 7) is 5.21. The molecular weight excluding hydrogens is 509 g/mol. The Morgan fingerprint density at radius 3 is 2.51 bits per heavy atom. The Bertz CT molecular complexity index is 1720. The molecule has 1 fully saturated rings. The maximum atomic E-state index is 13.5. The number of fused-ring (bicyclic) bond motifs is 5. The van der Waals surface area contributed by atoms with Crippen molar-refractivity contribution in [2.45, 2.75) is 13.1 Å². The molecule has 4 N–H and O–H groups in total. The quantitative estimate of drug-likeness (QED) is 0.250. The van der Waals surface area contributed by atoms with E-state index in [0.29, 0.717) is 22.0 Å². The number of hydrogen-bond donors (Lipinski definition) is 4. The van der Waals surface area contributed by atoms with Gasteiger partial charge in [0.25, 0.3) is 5.56 Å². The summed E-state index contributed by atoms with van der Waals surface area (Å²) in [6.07, 6.45) is -4.78. The first kappa shape index (κ1) is 24.8. The predicted octanol–water partition coefficient (Wildman–Crippen LogP) is 4.48. The number of aryl methyl sites for hydroxylation is 1. The highest BCUT2D eigenvalue weighted by Crippen LogP contribution is 2.40. The highest BCUT2D eigenvalue weighted by molar-refractivity contribution is 6.21. The summed E-state index contributed by atoms with van der Waals surface area (Å²) >= 11 is 0. The Kier molecular flexibility index (Phi) is 5.99. The molecule has 1 aliphatic heterocycles. The molecule has 1 saturated heterocycles. The number of pyridine rings is 2. The summed E-state index contributed by atoms with van der Waals surface area (Å²) in [4.78, 5) is 23.1. The maximum absolute atomic E-state index is 13.5. The number of halogens is 4. The van der Waals surface area contributed by atoms with Gasteiger partial charge in [0.05, 0.1) is 27.5 Å². The number of phenols is 1. The van der Waals surface area contributed by atoms with Gasteiger partial charge in [-0.15, -0.1) is 12.4 Å². The number of aromatic nitrogens is 4. The van der Waals surface area contributed by atoms with Gasteiger partial charge in [0.15, 0.2) is 5.65 Å². The molecular formula is C25H22ClF3N6O2. The van der Waals surface area contributed by atoms with Crippen LogP contribution in [0.5, 0.6) is 5.75 Å². The van der Waals surface area contributed by atoms with Crippen LogP contribution in [0.4, 0.5) is 18.9 Å². The lowest BCUT2D eigenvalue weighted by Crippen LogP contribution is -2.43. The molecule has 0 aliphatic carbocycles. The number of H-pyrrole nitrogens is 2. The lowest BCUT2D eigenvalue weighted by molar-refractivity contribution is -0.138. The Morgan fingerprint density at radius 2 is 1.78 bits per heavy atom. The van der Waals surface area contributed by atoms with Crippen molar-refractivity contribution in [3.63, 3.8) is 0 Å². The van der Waals surface area contributed by atoms with Crippen LogP contribution in [-0.4, -0.2) is 51.5 Å². The number of benzene rings is 2. The number of hydrogen-bond acceptors (Lipinski definition) is 6. The molecule has 0 bridgehead atoms. The van der Waals surface area contributed by atoms with Gasteiger partial charge < -0.3 is 20.3 Å². The van der Waals surface area contributed by atoms with Crippen molar-refractivity contribution in [2.75, 3.05) is 31.1 Å². The molecule has 2 aromatic carbocycles. The largest absolute Gasteiger partial charge is 0.507 e. The molecule has 3 aromatic heterocycles. The van der Waals surface area contributed by atoms with E-state index in [-0.39, 0.29) is 34.7 Å². The van der Waals surface area contributed by atoms with Gasteiger partial charge in [-0.3, -0.25) is 9.89 Å². The summed E-state index contributed by atoms with van der Waals surface area (Å²) in [5, 5.41) is 22.3. The third kappa shape index (κ3) is 4.04. The predicted molar refractivity (Wildman–Crippen MR) is 139 cm³/mol. The topological polar surface area (TPSA) is 110 Å². The lowest BCUT2D eigenvalue weighted by atomic mass is 9.97. The Balaban J connectivity index is 0.00000280. The molecule has 0 atom stereocenters. The molecule has 0 radical (unpaired) electrons. The van der Waals surface area contributed by atoms with Crippen LogP contribution >= 0.6 is 12.4 Å². The Hall–Kier alpha value is -3.83. The van der Waals surface area contributed by atoms with Crippen LogP contribution in [0.15, 0.2) is 41.2 Å². The lowest BCUT2D eigenvalue weighted by Gasteiger charge is -2.29. The van der Waals surface area contributed by atoms with Crippen molar-refractivity contribution in [3.05, 3.63) is 58.0 Å². The summed E-state index contributed by atoms with van der Waals surface area (Å²) in [5.41, 5.74) is 1.00. The molecule has 4 heterocycles. The van der Waals surface area contributed by atoms with Crippen molar-refractivity contribution >= 4 is 50.8 Å². The average molecular weight is 531 g/mol. The van der Waals surface area contributed by atoms with Crippen molar-refractivity contribution in [3.8, 4) is 17.0 Å². The van der Waals surface area contributed by atoms with Crippen LogP contribution in [0.1, 0.15) is 11.3 Å². The molecule has 0 unspecified atom stereocenters. The van der Waals surface area contributed by atoms with E-state index in [1.165, 1.54) is 6.07 Å². The second-order valence-electron chi connectivity index (χ2n) is 8.91. The molecule has 0 amide bonds. The summed E-state index contributed by atoms with van der Waals surface area (Å²) < 4.78 is 40.6. The summed E-state index contributed by atoms with van der Waals surface area (Å²) in [5.74, 6) is -0.896. The monoisotopic (exact) mass is 530 g/mol. The van der Waals surface area contributed by atoms with Gasteiger partial charge in [0.1, 0.15) is 5.75 Å². The van der Waals surface area contributed by atoms with E-state index in [0.717, 1.165) is 49.4 Å². The fourth-order valence-electron chi connectivity index (χ4n) is 4.97.